The number of rotatable bonds is 3. The fourth-order valence-electron chi connectivity index (χ4n) is 2.40. The van der Waals surface area contributed by atoms with Crippen molar-refractivity contribution in [1.82, 2.24) is 14.9 Å². The van der Waals surface area contributed by atoms with E-state index in [1.165, 1.54) is 5.56 Å². The zero-order valence-corrected chi connectivity index (χ0v) is 14.5. The van der Waals surface area contributed by atoms with Gasteiger partial charge in [-0.15, -0.1) is 24.8 Å². The summed E-state index contributed by atoms with van der Waals surface area (Å²) in [7, 11) is 4.18. The van der Waals surface area contributed by atoms with Gasteiger partial charge in [-0.05, 0) is 32.6 Å². The van der Waals surface area contributed by atoms with Crippen molar-refractivity contribution in [2.24, 2.45) is 0 Å². The molecule has 5 heteroatoms. The smallest absolute Gasteiger partial charge is 0.138 e. The number of fused-ring (bicyclic) bond motifs is 1. The van der Waals surface area contributed by atoms with Gasteiger partial charge in [0, 0.05) is 11.6 Å². The van der Waals surface area contributed by atoms with Crippen molar-refractivity contribution in [3.63, 3.8) is 0 Å². The standard InChI is InChI=1S/C17H19N3.2ClH/c1-12(20(2)3)14-10-7-11-15-16(14)19-17(18-15)13-8-5-4-6-9-13;;/h4-12H,1-3H3,(H,18,19);2*1H. The van der Waals surface area contributed by atoms with Crippen LogP contribution in [0.1, 0.15) is 18.5 Å². The van der Waals surface area contributed by atoms with Crippen LogP contribution >= 0.6 is 24.8 Å². The first kappa shape index (κ1) is 18.5. The summed E-state index contributed by atoms with van der Waals surface area (Å²) in [4.78, 5) is 10.4. The molecule has 0 radical (unpaired) electrons. The molecule has 0 spiro atoms. The van der Waals surface area contributed by atoms with Gasteiger partial charge in [-0.3, -0.25) is 0 Å². The number of hydrogen-bond donors (Lipinski definition) is 1. The molecule has 0 bridgehead atoms. The van der Waals surface area contributed by atoms with E-state index >= 15 is 0 Å². The number of halogens is 2. The highest BCUT2D eigenvalue weighted by atomic mass is 35.5. The van der Waals surface area contributed by atoms with Crippen molar-refractivity contribution in [2.45, 2.75) is 13.0 Å². The first-order chi connectivity index (χ1) is 9.66. The van der Waals surface area contributed by atoms with Gasteiger partial charge in [0.15, 0.2) is 0 Å². The lowest BCUT2D eigenvalue weighted by Gasteiger charge is -2.20. The van der Waals surface area contributed by atoms with Gasteiger partial charge in [-0.1, -0.05) is 42.5 Å². The summed E-state index contributed by atoms with van der Waals surface area (Å²) in [6.45, 7) is 2.20. The molecule has 0 aliphatic rings. The molecule has 1 atom stereocenters. The summed E-state index contributed by atoms with van der Waals surface area (Å²) >= 11 is 0. The Morgan fingerprint density at radius 2 is 1.64 bits per heavy atom. The summed E-state index contributed by atoms with van der Waals surface area (Å²) in [5.74, 6) is 0.930. The average Bonchev–Trinajstić information content (AvgIpc) is 2.91. The van der Waals surface area contributed by atoms with E-state index in [0.29, 0.717) is 6.04 Å². The second-order valence-electron chi connectivity index (χ2n) is 5.33. The fraction of sp³-hybridized carbons (Fsp3) is 0.235. The molecule has 0 saturated heterocycles. The molecule has 0 fully saturated rings. The minimum atomic E-state index is 0. The number of benzene rings is 2. The van der Waals surface area contributed by atoms with Crippen molar-refractivity contribution < 1.29 is 0 Å². The normalized spacial score (nSPS) is 11.8. The predicted octanol–water partition coefficient (Wildman–Crippen LogP) is 4.70. The van der Waals surface area contributed by atoms with Crippen molar-refractivity contribution in [2.75, 3.05) is 14.1 Å². The second kappa shape index (κ2) is 7.63. The molecule has 1 heterocycles. The Hall–Kier alpha value is -1.55. The van der Waals surface area contributed by atoms with Gasteiger partial charge in [-0.2, -0.15) is 0 Å². The van der Waals surface area contributed by atoms with Crippen molar-refractivity contribution >= 4 is 35.8 Å². The number of H-pyrrole nitrogens is 1. The first-order valence-corrected chi connectivity index (χ1v) is 6.87. The van der Waals surface area contributed by atoms with E-state index in [4.69, 9.17) is 4.98 Å². The Labute approximate surface area is 143 Å². The molecule has 1 N–H and O–H groups in total. The van der Waals surface area contributed by atoms with Gasteiger partial charge in [0.05, 0.1) is 11.0 Å². The maximum absolute atomic E-state index is 4.80. The Kier molecular flexibility index (Phi) is 6.42. The Balaban J connectivity index is 0.00000121. The molecule has 0 saturated carbocycles. The number of para-hydroxylation sites is 1. The molecule has 3 rings (SSSR count). The molecule has 22 heavy (non-hydrogen) atoms. The third-order valence-corrected chi connectivity index (χ3v) is 3.82. The molecule has 3 aromatic rings. The lowest BCUT2D eigenvalue weighted by Crippen LogP contribution is -2.16. The molecule has 1 aromatic heterocycles. The van der Waals surface area contributed by atoms with E-state index in [9.17, 15) is 0 Å². The fourth-order valence-corrected chi connectivity index (χ4v) is 2.40. The Bertz CT molecular complexity index is 723. The van der Waals surface area contributed by atoms with E-state index in [0.717, 1.165) is 22.4 Å². The average molecular weight is 338 g/mol. The zero-order chi connectivity index (χ0) is 14.1. The lowest BCUT2D eigenvalue weighted by molar-refractivity contribution is 0.322. The SMILES string of the molecule is CC(c1cccc2[nH]c(-c3ccccc3)nc12)N(C)C.Cl.Cl. The number of hydrogen-bond acceptors (Lipinski definition) is 2. The maximum Gasteiger partial charge on any atom is 0.138 e. The summed E-state index contributed by atoms with van der Waals surface area (Å²) in [5, 5.41) is 0. The van der Waals surface area contributed by atoms with E-state index < -0.39 is 0 Å². The number of aromatic amines is 1. The van der Waals surface area contributed by atoms with Gasteiger partial charge in [-0.25, -0.2) is 4.98 Å². The molecule has 118 valence electrons. The minimum Gasteiger partial charge on any atom is -0.338 e. The summed E-state index contributed by atoms with van der Waals surface area (Å²) in [6.07, 6.45) is 0. The molecule has 0 aliphatic carbocycles. The van der Waals surface area contributed by atoms with Crippen LogP contribution in [0.5, 0.6) is 0 Å². The van der Waals surface area contributed by atoms with Crippen molar-refractivity contribution in [3.05, 3.63) is 54.1 Å². The Morgan fingerprint density at radius 1 is 0.955 bits per heavy atom. The quantitative estimate of drug-likeness (QED) is 0.751. The molecule has 3 nitrogen and oxygen atoms in total. The molecular formula is C17H21Cl2N3. The van der Waals surface area contributed by atoms with Crippen LogP contribution in [0.4, 0.5) is 0 Å². The van der Waals surface area contributed by atoms with E-state index in [1.54, 1.807) is 0 Å². The van der Waals surface area contributed by atoms with Crippen LogP contribution in [0.2, 0.25) is 0 Å². The van der Waals surface area contributed by atoms with Crippen LogP contribution in [0, 0.1) is 0 Å². The highest BCUT2D eigenvalue weighted by Gasteiger charge is 2.14. The third-order valence-electron chi connectivity index (χ3n) is 3.82. The minimum absolute atomic E-state index is 0. The molecule has 0 amide bonds. The largest absolute Gasteiger partial charge is 0.338 e. The van der Waals surface area contributed by atoms with Crippen LogP contribution in [0.25, 0.3) is 22.4 Å². The van der Waals surface area contributed by atoms with Crippen LogP contribution in [-0.4, -0.2) is 29.0 Å². The monoisotopic (exact) mass is 337 g/mol. The van der Waals surface area contributed by atoms with E-state index in [2.05, 4.69) is 61.2 Å². The highest BCUT2D eigenvalue weighted by molar-refractivity contribution is 5.85. The first-order valence-electron chi connectivity index (χ1n) is 6.87. The maximum atomic E-state index is 4.80. The third kappa shape index (κ3) is 3.43. The second-order valence-corrected chi connectivity index (χ2v) is 5.33. The summed E-state index contributed by atoms with van der Waals surface area (Å²) < 4.78 is 0. The van der Waals surface area contributed by atoms with Crippen LogP contribution in [-0.2, 0) is 0 Å². The number of nitrogens with one attached hydrogen (secondary N) is 1. The summed E-state index contributed by atoms with van der Waals surface area (Å²) in [5.41, 5.74) is 4.53. The van der Waals surface area contributed by atoms with Crippen molar-refractivity contribution in [3.8, 4) is 11.4 Å². The van der Waals surface area contributed by atoms with Gasteiger partial charge in [0.2, 0.25) is 0 Å². The van der Waals surface area contributed by atoms with Crippen LogP contribution in [0.15, 0.2) is 48.5 Å². The van der Waals surface area contributed by atoms with Crippen LogP contribution < -0.4 is 0 Å². The van der Waals surface area contributed by atoms with Gasteiger partial charge in [0.25, 0.3) is 0 Å². The predicted molar refractivity (Wildman–Crippen MR) is 98.1 cm³/mol. The molecule has 0 aliphatic heterocycles. The van der Waals surface area contributed by atoms with Crippen molar-refractivity contribution in [1.29, 1.82) is 0 Å². The van der Waals surface area contributed by atoms with Gasteiger partial charge in [0.1, 0.15) is 5.82 Å². The van der Waals surface area contributed by atoms with Gasteiger partial charge >= 0.3 is 0 Å². The Morgan fingerprint density at radius 3 is 2.27 bits per heavy atom. The lowest BCUT2D eigenvalue weighted by atomic mass is 10.1. The highest BCUT2D eigenvalue weighted by Crippen LogP contribution is 2.27. The number of imidazole rings is 1. The number of nitrogens with zero attached hydrogens (tertiary/aromatic N) is 2. The topological polar surface area (TPSA) is 31.9 Å². The van der Waals surface area contributed by atoms with E-state index in [-0.39, 0.29) is 24.8 Å². The van der Waals surface area contributed by atoms with Crippen LogP contribution in [0.3, 0.4) is 0 Å². The number of aromatic nitrogens is 2. The zero-order valence-electron chi connectivity index (χ0n) is 12.9. The molecule has 1 unspecified atom stereocenters. The molecule has 2 aromatic carbocycles. The van der Waals surface area contributed by atoms with E-state index in [1.807, 2.05) is 18.2 Å². The summed E-state index contributed by atoms with van der Waals surface area (Å²) in [6, 6.07) is 16.9. The molecular weight excluding hydrogens is 317 g/mol. The van der Waals surface area contributed by atoms with Gasteiger partial charge < -0.3 is 9.88 Å².